The first-order chi connectivity index (χ1) is 17.9. The number of carbonyl (C=O) groups is 2. The van der Waals surface area contributed by atoms with E-state index in [9.17, 15) is 18.0 Å². The highest BCUT2D eigenvalue weighted by Gasteiger charge is 2.32. The van der Waals surface area contributed by atoms with Gasteiger partial charge in [0, 0.05) is 12.6 Å². The minimum absolute atomic E-state index is 0.0145. The number of amides is 2. The van der Waals surface area contributed by atoms with Gasteiger partial charge in [-0.3, -0.25) is 13.9 Å². The number of benzene rings is 2. The van der Waals surface area contributed by atoms with E-state index in [1.54, 1.807) is 38.3 Å². The predicted octanol–water partition coefficient (Wildman–Crippen LogP) is 5.29. The molecule has 2 aromatic rings. The van der Waals surface area contributed by atoms with Crippen molar-refractivity contribution >= 4 is 62.3 Å². The van der Waals surface area contributed by atoms with Gasteiger partial charge in [-0.05, 0) is 49.6 Å². The Kier molecular flexibility index (Phi) is 10.6. The molecule has 2 amide bonds. The van der Waals surface area contributed by atoms with Crippen molar-refractivity contribution in [1.29, 1.82) is 0 Å². The zero-order chi connectivity index (χ0) is 28.0. The molecule has 208 valence electrons. The normalized spacial score (nSPS) is 15.0. The molecule has 0 saturated heterocycles. The fourth-order valence-corrected chi connectivity index (χ4v) is 5.92. The predicted molar refractivity (Wildman–Crippen MR) is 152 cm³/mol. The fraction of sp³-hybridized carbons (Fsp3) is 0.462. The van der Waals surface area contributed by atoms with Crippen molar-refractivity contribution in [3.05, 3.63) is 57.0 Å². The van der Waals surface area contributed by atoms with Crippen LogP contribution in [0, 0.1) is 0 Å². The van der Waals surface area contributed by atoms with Crippen molar-refractivity contribution in [3.8, 4) is 5.75 Å². The van der Waals surface area contributed by atoms with Crippen molar-refractivity contribution in [2.45, 2.75) is 57.7 Å². The Bertz CT molecular complexity index is 1250. The maximum atomic E-state index is 13.7. The van der Waals surface area contributed by atoms with E-state index in [0.717, 1.165) is 48.2 Å². The van der Waals surface area contributed by atoms with Crippen LogP contribution in [0.2, 0.25) is 15.1 Å². The summed E-state index contributed by atoms with van der Waals surface area (Å²) in [7, 11) is -2.41. The van der Waals surface area contributed by atoms with Gasteiger partial charge in [0.2, 0.25) is 21.8 Å². The van der Waals surface area contributed by atoms with Gasteiger partial charge in [-0.25, -0.2) is 8.42 Å². The third-order valence-corrected chi connectivity index (χ3v) is 8.72. The van der Waals surface area contributed by atoms with Crippen LogP contribution in [0.15, 0.2) is 36.4 Å². The van der Waals surface area contributed by atoms with Gasteiger partial charge in [-0.1, -0.05) is 66.2 Å². The fourth-order valence-electron chi connectivity index (χ4n) is 4.38. The lowest BCUT2D eigenvalue weighted by Gasteiger charge is -2.33. The number of anilines is 1. The Morgan fingerprint density at radius 2 is 1.63 bits per heavy atom. The summed E-state index contributed by atoms with van der Waals surface area (Å²) in [4.78, 5) is 28.3. The lowest BCUT2D eigenvalue weighted by atomic mass is 9.95. The lowest BCUT2D eigenvalue weighted by molar-refractivity contribution is -0.139. The molecule has 2 aromatic carbocycles. The van der Waals surface area contributed by atoms with Crippen molar-refractivity contribution < 1.29 is 22.7 Å². The number of hydrogen-bond acceptors (Lipinski definition) is 5. The maximum absolute atomic E-state index is 13.7. The smallest absolute Gasteiger partial charge is 0.244 e. The Balaban J connectivity index is 1.91. The Morgan fingerprint density at radius 1 is 1.03 bits per heavy atom. The third kappa shape index (κ3) is 7.91. The SMILES string of the molecule is COc1ccc(CN(C(=O)CN(c2cc(Cl)c(Cl)cc2Cl)S(C)(=O)=O)[C@H](C)C(=O)NC2CCCCC2)cc1. The number of methoxy groups -OCH3 is 1. The van der Waals surface area contributed by atoms with Crippen LogP contribution < -0.4 is 14.4 Å². The summed E-state index contributed by atoms with van der Waals surface area (Å²) in [6.07, 6.45) is 5.98. The van der Waals surface area contributed by atoms with Crippen molar-refractivity contribution in [2.75, 3.05) is 24.2 Å². The van der Waals surface area contributed by atoms with E-state index < -0.39 is 28.5 Å². The van der Waals surface area contributed by atoms with Crippen LogP contribution in [-0.4, -0.2) is 57.1 Å². The number of hydrogen-bond donors (Lipinski definition) is 1. The van der Waals surface area contributed by atoms with Gasteiger partial charge in [-0.2, -0.15) is 0 Å². The van der Waals surface area contributed by atoms with Gasteiger partial charge in [0.15, 0.2) is 0 Å². The van der Waals surface area contributed by atoms with E-state index in [4.69, 9.17) is 39.5 Å². The molecule has 8 nitrogen and oxygen atoms in total. The summed E-state index contributed by atoms with van der Waals surface area (Å²) in [5, 5.41) is 3.31. The van der Waals surface area contributed by atoms with E-state index in [2.05, 4.69) is 5.32 Å². The molecule has 0 aliphatic heterocycles. The first-order valence-corrected chi connectivity index (χ1v) is 15.2. The molecular formula is C26H32Cl3N3O5S. The summed E-state index contributed by atoms with van der Waals surface area (Å²) >= 11 is 18.4. The van der Waals surface area contributed by atoms with Crippen molar-refractivity contribution in [1.82, 2.24) is 10.2 Å². The zero-order valence-corrected chi connectivity index (χ0v) is 24.6. The summed E-state index contributed by atoms with van der Waals surface area (Å²) in [5.74, 6) is -0.232. The molecule has 0 radical (unpaired) electrons. The number of sulfonamides is 1. The molecule has 0 heterocycles. The summed E-state index contributed by atoms with van der Waals surface area (Å²) in [6, 6.07) is 8.89. The second-order valence-corrected chi connectivity index (χ2v) is 12.5. The van der Waals surface area contributed by atoms with Crippen LogP contribution in [0.1, 0.15) is 44.6 Å². The van der Waals surface area contributed by atoms with Crippen LogP contribution >= 0.6 is 34.8 Å². The number of nitrogens with one attached hydrogen (secondary N) is 1. The average molecular weight is 605 g/mol. The quantitative estimate of drug-likeness (QED) is 0.372. The van der Waals surface area contributed by atoms with Crippen LogP contribution in [0.4, 0.5) is 5.69 Å². The van der Waals surface area contributed by atoms with Crippen LogP contribution in [0.5, 0.6) is 5.75 Å². The van der Waals surface area contributed by atoms with E-state index in [1.807, 2.05) is 0 Å². The standard InChI is InChI=1S/C26H32Cl3N3O5S/c1-17(26(34)30-19-7-5-4-6-8-19)31(15-18-9-11-20(37-2)12-10-18)25(33)16-32(38(3,35)36)24-14-22(28)21(27)13-23(24)29/h9-14,17,19H,4-8,15-16H2,1-3H3,(H,30,34)/t17-/m1/s1. The molecule has 1 aliphatic carbocycles. The van der Waals surface area contributed by atoms with E-state index in [1.165, 1.54) is 17.0 Å². The van der Waals surface area contributed by atoms with Gasteiger partial charge in [0.05, 0.1) is 34.1 Å². The minimum atomic E-state index is -3.97. The first-order valence-electron chi connectivity index (χ1n) is 12.3. The highest BCUT2D eigenvalue weighted by Crippen LogP contribution is 2.35. The number of carbonyl (C=O) groups excluding carboxylic acids is 2. The molecule has 1 N–H and O–H groups in total. The highest BCUT2D eigenvalue weighted by molar-refractivity contribution is 7.92. The third-order valence-electron chi connectivity index (χ3n) is 6.57. The number of halogens is 3. The van der Waals surface area contributed by atoms with Gasteiger partial charge < -0.3 is 15.0 Å². The van der Waals surface area contributed by atoms with Gasteiger partial charge >= 0.3 is 0 Å². The van der Waals surface area contributed by atoms with Crippen LogP contribution in [-0.2, 0) is 26.2 Å². The molecule has 1 fully saturated rings. The van der Waals surface area contributed by atoms with Gasteiger partial charge in [-0.15, -0.1) is 0 Å². The average Bonchev–Trinajstić information content (AvgIpc) is 2.88. The Labute approximate surface area is 239 Å². The molecule has 0 aromatic heterocycles. The van der Waals surface area contributed by atoms with E-state index >= 15 is 0 Å². The van der Waals surface area contributed by atoms with E-state index in [-0.39, 0.29) is 39.2 Å². The second kappa shape index (κ2) is 13.2. The van der Waals surface area contributed by atoms with Crippen molar-refractivity contribution in [2.24, 2.45) is 0 Å². The number of ether oxygens (including phenoxy) is 1. The summed E-state index contributed by atoms with van der Waals surface area (Å²) in [6.45, 7) is 1.12. The Morgan fingerprint density at radius 3 is 2.21 bits per heavy atom. The number of nitrogens with zero attached hydrogens (tertiary/aromatic N) is 2. The summed E-state index contributed by atoms with van der Waals surface area (Å²) < 4.78 is 31.6. The first kappa shape index (κ1) is 30.3. The molecule has 0 bridgehead atoms. The molecule has 1 saturated carbocycles. The zero-order valence-electron chi connectivity index (χ0n) is 21.5. The molecule has 1 aliphatic rings. The molecule has 1 atom stereocenters. The largest absolute Gasteiger partial charge is 0.497 e. The Hall–Kier alpha value is -2.20. The van der Waals surface area contributed by atoms with E-state index in [0.29, 0.717) is 5.75 Å². The molecule has 0 spiro atoms. The highest BCUT2D eigenvalue weighted by atomic mass is 35.5. The second-order valence-electron chi connectivity index (χ2n) is 9.38. The van der Waals surface area contributed by atoms with Gasteiger partial charge in [0.1, 0.15) is 18.3 Å². The van der Waals surface area contributed by atoms with Crippen LogP contribution in [0.25, 0.3) is 0 Å². The molecule has 38 heavy (non-hydrogen) atoms. The maximum Gasteiger partial charge on any atom is 0.244 e. The topological polar surface area (TPSA) is 96.0 Å². The van der Waals surface area contributed by atoms with Crippen LogP contribution in [0.3, 0.4) is 0 Å². The minimum Gasteiger partial charge on any atom is -0.497 e. The van der Waals surface area contributed by atoms with Gasteiger partial charge in [0.25, 0.3) is 0 Å². The monoisotopic (exact) mass is 603 g/mol. The van der Waals surface area contributed by atoms with Crippen molar-refractivity contribution in [3.63, 3.8) is 0 Å². The molecular weight excluding hydrogens is 573 g/mol. The lowest BCUT2D eigenvalue weighted by Crippen LogP contribution is -2.53. The molecule has 0 unspecified atom stereocenters. The summed E-state index contributed by atoms with van der Waals surface area (Å²) in [5.41, 5.74) is 0.760. The molecule has 3 rings (SSSR count). The molecule has 12 heteroatoms. The number of rotatable bonds is 10.